The van der Waals surface area contributed by atoms with E-state index in [0.29, 0.717) is 16.5 Å². The van der Waals surface area contributed by atoms with E-state index in [-0.39, 0.29) is 25.1 Å². The number of benzene rings is 1. The van der Waals surface area contributed by atoms with Crippen LogP contribution in [-0.2, 0) is 11.2 Å². The first-order valence-corrected chi connectivity index (χ1v) is 8.38. The Hall–Kier alpha value is -3.68. The Morgan fingerprint density at radius 3 is 2.93 bits per heavy atom. The van der Waals surface area contributed by atoms with E-state index in [1.807, 2.05) is 6.07 Å². The van der Waals surface area contributed by atoms with Crippen LogP contribution >= 0.6 is 0 Å². The van der Waals surface area contributed by atoms with Gasteiger partial charge in [0.05, 0.1) is 17.5 Å². The van der Waals surface area contributed by atoms with Crippen LogP contribution in [0.4, 0.5) is 14.9 Å². The molecule has 11 heteroatoms. The number of nitrogens with one attached hydrogen (secondary N) is 2. The van der Waals surface area contributed by atoms with Crippen LogP contribution in [0.15, 0.2) is 24.4 Å². The number of alkyl halides is 1. The average Bonchev–Trinajstić information content (AvgIpc) is 3.22. The van der Waals surface area contributed by atoms with Crippen molar-refractivity contribution in [1.82, 2.24) is 15.2 Å². The maximum Gasteiger partial charge on any atom is 0.405 e. The first-order valence-electron chi connectivity index (χ1n) is 8.38. The van der Waals surface area contributed by atoms with Crippen molar-refractivity contribution >= 4 is 28.6 Å². The number of hydrogen-bond acceptors (Lipinski definition) is 5. The molecule has 28 heavy (non-hydrogen) atoms. The standard InChI is InChI=1S/C17H16FN5O5/c18-10-4-12(6-19)22(8-10)16(24)15(21-17(25)26)3-9-7-20-14-2-1-11(23(27)28)5-13(9)14/h1-2,5,7,10,12,15,20-21H,3-4,8H2,(H,25,26). The van der Waals surface area contributed by atoms with E-state index in [1.54, 1.807) is 0 Å². The number of carbonyl (C=O) groups excluding carboxylic acids is 1. The van der Waals surface area contributed by atoms with Crippen molar-refractivity contribution in [1.29, 1.82) is 5.26 Å². The third-order valence-corrected chi connectivity index (χ3v) is 4.66. The fourth-order valence-electron chi connectivity index (χ4n) is 3.37. The summed E-state index contributed by atoms with van der Waals surface area (Å²) in [6.07, 6.45) is -1.51. The van der Waals surface area contributed by atoms with Crippen LogP contribution in [0.25, 0.3) is 10.9 Å². The third-order valence-electron chi connectivity index (χ3n) is 4.66. The number of hydrogen-bond donors (Lipinski definition) is 3. The molecule has 2 amide bonds. The predicted octanol–water partition coefficient (Wildman–Crippen LogP) is 1.72. The van der Waals surface area contributed by atoms with Gasteiger partial charge in [0.15, 0.2) is 0 Å². The molecule has 0 aliphatic carbocycles. The average molecular weight is 389 g/mol. The topological polar surface area (TPSA) is 152 Å². The summed E-state index contributed by atoms with van der Waals surface area (Å²) in [5.74, 6) is -0.714. The minimum absolute atomic E-state index is 0.113. The van der Waals surface area contributed by atoms with E-state index in [4.69, 9.17) is 10.4 Å². The molecular weight excluding hydrogens is 373 g/mol. The first kappa shape index (κ1) is 19.1. The monoisotopic (exact) mass is 389 g/mol. The lowest BCUT2D eigenvalue weighted by Gasteiger charge is -2.25. The van der Waals surface area contributed by atoms with E-state index >= 15 is 0 Å². The molecule has 2 heterocycles. The largest absolute Gasteiger partial charge is 0.465 e. The Morgan fingerprint density at radius 2 is 2.29 bits per heavy atom. The molecular formula is C17H16FN5O5. The minimum atomic E-state index is -1.45. The second-order valence-electron chi connectivity index (χ2n) is 6.48. The van der Waals surface area contributed by atoms with Gasteiger partial charge in [-0.05, 0) is 11.6 Å². The molecule has 2 aromatic rings. The lowest BCUT2D eigenvalue weighted by atomic mass is 10.0. The molecule has 3 rings (SSSR count). The van der Waals surface area contributed by atoms with Gasteiger partial charge in [0.1, 0.15) is 18.3 Å². The zero-order valence-corrected chi connectivity index (χ0v) is 14.5. The molecule has 0 radical (unpaired) electrons. The summed E-state index contributed by atoms with van der Waals surface area (Å²) < 4.78 is 13.7. The molecule has 10 nitrogen and oxygen atoms in total. The number of carboxylic acid groups (broad SMARTS) is 1. The van der Waals surface area contributed by atoms with Crippen LogP contribution in [0.5, 0.6) is 0 Å². The minimum Gasteiger partial charge on any atom is -0.465 e. The summed E-state index contributed by atoms with van der Waals surface area (Å²) in [5.41, 5.74) is 0.920. The molecule has 3 unspecified atom stereocenters. The van der Waals surface area contributed by atoms with Crippen LogP contribution in [0.2, 0.25) is 0 Å². The first-order chi connectivity index (χ1) is 13.3. The highest BCUT2D eigenvalue weighted by Crippen LogP contribution is 2.26. The number of nitriles is 1. The van der Waals surface area contributed by atoms with Gasteiger partial charge >= 0.3 is 6.09 Å². The van der Waals surface area contributed by atoms with Gasteiger partial charge in [-0.15, -0.1) is 0 Å². The molecule has 3 N–H and O–H groups in total. The summed E-state index contributed by atoms with van der Waals surface area (Å²) in [7, 11) is 0. The third kappa shape index (κ3) is 3.71. The smallest absolute Gasteiger partial charge is 0.405 e. The van der Waals surface area contributed by atoms with Crippen molar-refractivity contribution in [2.24, 2.45) is 0 Å². The molecule has 1 aromatic carbocycles. The van der Waals surface area contributed by atoms with Crippen LogP contribution in [0, 0.1) is 21.4 Å². The Balaban J connectivity index is 1.91. The van der Waals surface area contributed by atoms with Gasteiger partial charge in [0.25, 0.3) is 5.69 Å². The van der Waals surface area contributed by atoms with Gasteiger partial charge in [0, 0.05) is 42.1 Å². The van der Waals surface area contributed by atoms with E-state index in [0.717, 1.165) is 4.90 Å². The van der Waals surface area contributed by atoms with Crippen molar-refractivity contribution in [3.05, 3.63) is 40.1 Å². The van der Waals surface area contributed by atoms with Crippen LogP contribution in [-0.4, -0.2) is 56.7 Å². The number of non-ortho nitro benzene ring substituents is 1. The molecule has 1 fully saturated rings. The van der Waals surface area contributed by atoms with Crippen molar-refractivity contribution < 1.29 is 24.0 Å². The Kier molecular flexibility index (Phi) is 5.12. The van der Waals surface area contributed by atoms with Crippen LogP contribution in [0.3, 0.4) is 0 Å². The second kappa shape index (κ2) is 7.51. The van der Waals surface area contributed by atoms with E-state index in [9.17, 15) is 24.1 Å². The summed E-state index contributed by atoms with van der Waals surface area (Å²) in [5, 5.41) is 31.8. The molecule has 0 spiro atoms. The summed E-state index contributed by atoms with van der Waals surface area (Å²) in [6, 6.07) is 3.78. The number of likely N-dealkylation sites (tertiary alicyclic amines) is 1. The Morgan fingerprint density at radius 1 is 1.54 bits per heavy atom. The number of aromatic nitrogens is 1. The number of nitro groups is 1. The summed E-state index contributed by atoms with van der Waals surface area (Å²) in [4.78, 5) is 38.4. The highest BCUT2D eigenvalue weighted by Gasteiger charge is 2.39. The van der Waals surface area contributed by atoms with E-state index in [2.05, 4.69) is 10.3 Å². The quantitative estimate of drug-likeness (QED) is 0.523. The van der Waals surface area contributed by atoms with Gasteiger partial charge in [-0.1, -0.05) is 0 Å². The molecule has 146 valence electrons. The molecule has 1 aliphatic rings. The van der Waals surface area contributed by atoms with Gasteiger partial charge in [-0.3, -0.25) is 14.9 Å². The van der Waals surface area contributed by atoms with Crippen molar-refractivity contribution in [3.63, 3.8) is 0 Å². The number of amides is 2. The molecule has 3 atom stereocenters. The SMILES string of the molecule is N#CC1CC(F)CN1C(=O)C(Cc1c[nH]c2ccc([N+](=O)[O-])cc12)NC(=O)O. The van der Waals surface area contributed by atoms with Crippen molar-refractivity contribution in [2.45, 2.75) is 31.1 Å². The second-order valence-corrected chi connectivity index (χ2v) is 6.48. The summed E-state index contributed by atoms with van der Waals surface area (Å²) >= 11 is 0. The zero-order valence-electron chi connectivity index (χ0n) is 14.5. The van der Waals surface area contributed by atoms with Crippen molar-refractivity contribution in [3.8, 4) is 6.07 Å². The van der Waals surface area contributed by atoms with E-state index in [1.165, 1.54) is 24.4 Å². The van der Waals surface area contributed by atoms with E-state index < -0.39 is 35.2 Å². The fourth-order valence-corrected chi connectivity index (χ4v) is 3.37. The van der Waals surface area contributed by atoms with Gasteiger partial charge in [0.2, 0.25) is 5.91 Å². The lowest BCUT2D eigenvalue weighted by molar-refractivity contribution is -0.384. The normalized spacial score (nSPS) is 19.9. The number of H-pyrrole nitrogens is 1. The van der Waals surface area contributed by atoms with Crippen LogP contribution < -0.4 is 5.32 Å². The number of halogens is 1. The number of aromatic amines is 1. The molecule has 1 saturated heterocycles. The number of nitro benzene ring substituents is 1. The van der Waals surface area contributed by atoms with Gasteiger partial charge in [-0.25, -0.2) is 9.18 Å². The van der Waals surface area contributed by atoms with Gasteiger partial charge < -0.3 is 20.3 Å². The number of fused-ring (bicyclic) bond motifs is 1. The number of carbonyl (C=O) groups is 2. The highest BCUT2D eigenvalue weighted by molar-refractivity contribution is 5.89. The Bertz CT molecular complexity index is 984. The number of rotatable bonds is 5. The predicted molar refractivity (Wildman–Crippen MR) is 94.2 cm³/mol. The lowest BCUT2D eigenvalue weighted by Crippen LogP contribution is -2.50. The number of nitrogens with zero attached hydrogens (tertiary/aromatic N) is 3. The molecule has 1 aromatic heterocycles. The molecule has 0 saturated carbocycles. The van der Waals surface area contributed by atoms with Crippen molar-refractivity contribution in [2.75, 3.05) is 6.54 Å². The highest BCUT2D eigenvalue weighted by atomic mass is 19.1. The molecule has 1 aliphatic heterocycles. The Labute approximate surface area is 157 Å². The maximum absolute atomic E-state index is 13.7. The summed E-state index contributed by atoms with van der Waals surface area (Å²) in [6.45, 7) is -0.284. The maximum atomic E-state index is 13.7. The zero-order chi connectivity index (χ0) is 20.4. The van der Waals surface area contributed by atoms with Gasteiger partial charge in [-0.2, -0.15) is 5.26 Å². The van der Waals surface area contributed by atoms with Crippen LogP contribution in [0.1, 0.15) is 12.0 Å². The fraction of sp³-hybridized carbons (Fsp3) is 0.353. The molecule has 0 bridgehead atoms.